The van der Waals surface area contributed by atoms with Crippen molar-refractivity contribution >= 4 is 17.5 Å². The van der Waals surface area contributed by atoms with E-state index in [2.05, 4.69) is 5.32 Å². The molecule has 132 valence electrons. The molecule has 1 aromatic carbocycles. The molecule has 1 fully saturated rings. The van der Waals surface area contributed by atoms with Gasteiger partial charge in [-0.15, -0.1) is 0 Å². The molecular weight excluding hydrogens is 334 g/mol. The molecule has 1 unspecified atom stereocenters. The molecule has 6 nitrogen and oxygen atoms in total. The van der Waals surface area contributed by atoms with Crippen LogP contribution in [-0.4, -0.2) is 23.5 Å². The van der Waals surface area contributed by atoms with E-state index in [4.69, 9.17) is 4.42 Å². The van der Waals surface area contributed by atoms with Gasteiger partial charge < -0.3 is 20.2 Å². The van der Waals surface area contributed by atoms with Crippen LogP contribution in [0.2, 0.25) is 0 Å². The zero-order chi connectivity index (χ0) is 18.0. The molecule has 3 rings (SSSR count). The van der Waals surface area contributed by atoms with Gasteiger partial charge in [0.25, 0.3) is 0 Å². The van der Waals surface area contributed by atoms with E-state index >= 15 is 0 Å². The van der Waals surface area contributed by atoms with Gasteiger partial charge in [-0.05, 0) is 43.0 Å². The van der Waals surface area contributed by atoms with Crippen LogP contribution in [0.25, 0.3) is 0 Å². The summed E-state index contributed by atoms with van der Waals surface area (Å²) in [5, 5.41) is 15.1. The summed E-state index contributed by atoms with van der Waals surface area (Å²) in [6.45, 7) is -0.233. The highest BCUT2D eigenvalue weighted by atomic mass is 19.1. The number of rotatable bonds is 5. The lowest BCUT2D eigenvalue weighted by Gasteiger charge is -2.26. The molecule has 0 bridgehead atoms. The maximum Gasteiger partial charge on any atom is 0.313 e. The first-order chi connectivity index (χ1) is 11.9. The van der Waals surface area contributed by atoms with Gasteiger partial charge in [-0.3, -0.25) is 9.59 Å². The zero-order valence-electron chi connectivity index (χ0n) is 13.1. The number of carbonyl (C=O) groups excluding carboxylic acids is 2. The quantitative estimate of drug-likeness (QED) is 0.719. The molecule has 1 aliphatic rings. The molecule has 1 heterocycles. The molecule has 8 heteroatoms. The fourth-order valence-electron chi connectivity index (χ4n) is 2.59. The number of amides is 2. The Hall–Kier alpha value is -2.74. The van der Waals surface area contributed by atoms with Gasteiger partial charge in [0, 0.05) is 6.07 Å². The number of carbonyl (C=O) groups is 2. The minimum atomic E-state index is -1.41. The summed E-state index contributed by atoms with van der Waals surface area (Å²) < 4.78 is 31.8. The second kappa shape index (κ2) is 6.64. The Bertz CT molecular complexity index is 790. The summed E-state index contributed by atoms with van der Waals surface area (Å²) in [5.74, 6) is -3.64. The Labute approximate surface area is 141 Å². The molecule has 1 saturated carbocycles. The summed E-state index contributed by atoms with van der Waals surface area (Å²) >= 11 is 0. The van der Waals surface area contributed by atoms with Crippen molar-refractivity contribution in [1.82, 2.24) is 5.32 Å². The summed E-state index contributed by atoms with van der Waals surface area (Å²) in [6.07, 6.45) is 2.95. The second-order valence-corrected chi connectivity index (χ2v) is 5.94. The molecule has 1 aliphatic carbocycles. The highest BCUT2D eigenvalue weighted by molar-refractivity contribution is 6.39. The van der Waals surface area contributed by atoms with E-state index in [1.165, 1.54) is 6.26 Å². The number of hydrogen-bond donors (Lipinski definition) is 3. The smallest absolute Gasteiger partial charge is 0.313 e. The second-order valence-electron chi connectivity index (χ2n) is 5.94. The predicted octanol–water partition coefficient (Wildman–Crippen LogP) is 1.91. The first kappa shape index (κ1) is 17.1. The van der Waals surface area contributed by atoms with Gasteiger partial charge in [0.1, 0.15) is 23.0 Å². The lowest BCUT2D eigenvalue weighted by molar-refractivity contribution is -0.137. The minimum absolute atomic E-state index is 0.0809. The molecule has 1 atom stereocenters. The molecule has 3 N–H and O–H groups in total. The molecule has 0 radical (unpaired) electrons. The average molecular weight is 350 g/mol. The van der Waals surface area contributed by atoms with Crippen LogP contribution in [0.3, 0.4) is 0 Å². The highest BCUT2D eigenvalue weighted by Gasteiger charge is 2.47. The average Bonchev–Trinajstić information content (AvgIpc) is 3.30. The van der Waals surface area contributed by atoms with Crippen molar-refractivity contribution in [3.63, 3.8) is 0 Å². The maximum absolute atomic E-state index is 13.5. The van der Waals surface area contributed by atoms with E-state index in [1.807, 2.05) is 5.32 Å². The van der Waals surface area contributed by atoms with Gasteiger partial charge >= 0.3 is 11.8 Å². The van der Waals surface area contributed by atoms with E-state index in [9.17, 15) is 23.5 Å². The minimum Gasteiger partial charge on any atom is -0.466 e. The molecule has 0 spiro atoms. The summed E-state index contributed by atoms with van der Waals surface area (Å²) in [6, 6.07) is 5.70. The summed E-state index contributed by atoms with van der Waals surface area (Å²) in [4.78, 5) is 23.8. The van der Waals surface area contributed by atoms with Gasteiger partial charge in [-0.25, -0.2) is 8.78 Å². The van der Waals surface area contributed by atoms with Crippen LogP contribution in [0, 0.1) is 17.6 Å². The number of halogens is 2. The molecule has 0 aliphatic heterocycles. The Morgan fingerprint density at radius 3 is 2.64 bits per heavy atom. The monoisotopic (exact) mass is 350 g/mol. The van der Waals surface area contributed by atoms with Gasteiger partial charge in [0.05, 0.1) is 18.5 Å². The van der Waals surface area contributed by atoms with Crippen molar-refractivity contribution in [2.24, 2.45) is 5.92 Å². The number of nitrogens with one attached hydrogen (secondary N) is 2. The molecule has 1 aromatic heterocycles. The third kappa shape index (κ3) is 3.69. The lowest BCUT2D eigenvalue weighted by atomic mass is 9.94. The van der Waals surface area contributed by atoms with E-state index in [1.54, 1.807) is 12.1 Å². The topological polar surface area (TPSA) is 91.6 Å². The maximum atomic E-state index is 13.5. The van der Waals surface area contributed by atoms with Crippen LogP contribution in [0.15, 0.2) is 41.0 Å². The third-order valence-corrected chi connectivity index (χ3v) is 4.10. The van der Waals surface area contributed by atoms with Crippen LogP contribution >= 0.6 is 0 Å². The van der Waals surface area contributed by atoms with Crippen LogP contribution < -0.4 is 10.6 Å². The molecular formula is C17H16F2N2O4. The normalized spacial score (nSPS) is 16.1. The van der Waals surface area contributed by atoms with Gasteiger partial charge in [0.2, 0.25) is 0 Å². The van der Waals surface area contributed by atoms with Crippen molar-refractivity contribution < 1.29 is 27.9 Å². The highest BCUT2D eigenvalue weighted by Crippen LogP contribution is 2.45. The first-order valence-electron chi connectivity index (χ1n) is 7.71. The van der Waals surface area contributed by atoms with Crippen LogP contribution in [0.1, 0.15) is 18.6 Å². The van der Waals surface area contributed by atoms with Crippen molar-refractivity contribution in [1.29, 1.82) is 0 Å². The Morgan fingerprint density at radius 1 is 1.24 bits per heavy atom. The number of aliphatic hydroxyl groups is 1. The van der Waals surface area contributed by atoms with Crippen LogP contribution in [0.4, 0.5) is 14.5 Å². The fraction of sp³-hybridized carbons (Fsp3) is 0.294. The van der Waals surface area contributed by atoms with Gasteiger partial charge in [0.15, 0.2) is 0 Å². The zero-order valence-corrected chi connectivity index (χ0v) is 13.1. The Morgan fingerprint density at radius 2 is 2.00 bits per heavy atom. The summed E-state index contributed by atoms with van der Waals surface area (Å²) in [7, 11) is 0. The van der Waals surface area contributed by atoms with Crippen molar-refractivity contribution in [2.45, 2.75) is 18.4 Å². The number of anilines is 1. The van der Waals surface area contributed by atoms with Crippen LogP contribution in [-0.2, 0) is 15.2 Å². The number of hydrogen-bond acceptors (Lipinski definition) is 4. The third-order valence-electron chi connectivity index (χ3n) is 4.10. The van der Waals surface area contributed by atoms with Gasteiger partial charge in [-0.2, -0.15) is 0 Å². The molecule has 25 heavy (non-hydrogen) atoms. The van der Waals surface area contributed by atoms with Gasteiger partial charge in [-0.1, -0.05) is 0 Å². The molecule has 0 saturated heterocycles. The predicted molar refractivity (Wildman–Crippen MR) is 83.3 cm³/mol. The van der Waals surface area contributed by atoms with Crippen molar-refractivity contribution in [3.05, 3.63) is 54.0 Å². The van der Waals surface area contributed by atoms with Crippen molar-refractivity contribution in [2.75, 3.05) is 11.9 Å². The van der Waals surface area contributed by atoms with Crippen LogP contribution in [0.5, 0.6) is 0 Å². The number of benzene rings is 1. The molecule has 2 amide bonds. The molecule has 2 aromatic rings. The Kier molecular flexibility index (Phi) is 4.54. The fourth-order valence-corrected chi connectivity index (χ4v) is 2.59. The number of furan rings is 1. The van der Waals surface area contributed by atoms with E-state index in [0.29, 0.717) is 5.76 Å². The lowest BCUT2D eigenvalue weighted by Crippen LogP contribution is -2.45. The van der Waals surface area contributed by atoms with E-state index < -0.39 is 34.7 Å². The summed E-state index contributed by atoms with van der Waals surface area (Å²) in [5.41, 5.74) is -1.85. The standard InChI is InChI=1S/C17H16F2N2O4/c18-11-5-6-12(19)13(8-11)21-16(23)15(22)20-9-17(24,10-3-4-10)14-2-1-7-25-14/h1-2,5-8,10,24H,3-4,9H2,(H,20,22)(H,21,23). The Balaban J connectivity index is 1.63. The largest absolute Gasteiger partial charge is 0.466 e. The van der Waals surface area contributed by atoms with E-state index in [0.717, 1.165) is 31.0 Å². The van der Waals surface area contributed by atoms with Crippen molar-refractivity contribution in [3.8, 4) is 0 Å². The SMILES string of the molecule is O=C(NCC(O)(c1ccco1)C1CC1)C(=O)Nc1cc(F)ccc1F. The first-order valence-corrected chi connectivity index (χ1v) is 7.71. The van der Waals surface area contributed by atoms with E-state index in [-0.39, 0.29) is 12.5 Å².